The van der Waals surface area contributed by atoms with Crippen LogP contribution in [0.2, 0.25) is 0 Å². The predicted octanol–water partition coefficient (Wildman–Crippen LogP) is -4.25. The van der Waals surface area contributed by atoms with E-state index in [2.05, 4.69) is 0 Å². The summed E-state index contributed by atoms with van der Waals surface area (Å²) in [5.74, 6) is 0. The van der Waals surface area contributed by atoms with Crippen molar-refractivity contribution in [2.75, 3.05) is 0 Å². The molecule has 0 atom stereocenters. The summed E-state index contributed by atoms with van der Waals surface area (Å²) < 4.78 is 0. The van der Waals surface area contributed by atoms with E-state index in [0.29, 0.717) is 0 Å². The van der Waals surface area contributed by atoms with E-state index in [1.807, 2.05) is 0 Å². The summed E-state index contributed by atoms with van der Waals surface area (Å²) in [6, 6.07) is 0. The maximum atomic E-state index is 0. The Hall–Kier alpha value is 8.96. The van der Waals surface area contributed by atoms with Gasteiger partial charge in [-0.05, 0) is 0 Å². The molecule has 0 aliphatic rings. The van der Waals surface area contributed by atoms with E-state index in [1.165, 1.54) is 0 Å². The van der Waals surface area contributed by atoms with E-state index in [9.17, 15) is 0 Å². The smallest absolute Gasteiger partial charge is 0 e. The molecule has 0 aliphatic carbocycles. The molecule has 17 valence electrons. The first-order chi connectivity index (χ1) is 0. The topological polar surface area (TPSA) is 31.5 Å². The summed E-state index contributed by atoms with van der Waals surface area (Å²) in [7, 11) is 0. The summed E-state index contributed by atoms with van der Waals surface area (Å²) in [5, 5.41) is 0. The molecular weight excluding hydrogens is 223 g/mol. The van der Waals surface area contributed by atoms with Crippen LogP contribution in [-0.2, 0) is 0 Å². The van der Waals surface area contributed by atoms with Crippen molar-refractivity contribution in [3.63, 3.8) is 0 Å². The standard InChI is InChI=1S/9Na.H2O/h;;;;;;;;;1H2. The minimum absolute atomic E-state index is 0. The molecule has 10 heteroatoms. The van der Waals surface area contributed by atoms with Crippen molar-refractivity contribution in [1.82, 2.24) is 0 Å². The van der Waals surface area contributed by atoms with E-state index in [-0.39, 0.29) is 271 Å². The van der Waals surface area contributed by atoms with Gasteiger partial charge in [0.05, 0.1) is 0 Å². The van der Waals surface area contributed by atoms with Crippen molar-refractivity contribution in [3.8, 4) is 0 Å². The third-order valence-corrected chi connectivity index (χ3v) is 0. The number of hydrogen-bond acceptors (Lipinski definition) is 0. The van der Waals surface area contributed by atoms with Gasteiger partial charge in [-0.2, -0.15) is 0 Å². The first kappa shape index (κ1) is 76.2. The minimum Gasteiger partial charge on any atom is -0.412 e. The van der Waals surface area contributed by atoms with Crippen LogP contribution in [0, 0.1) is 0 Å². The van der Waals surface area contributed by atoms with Gasteiger partial charge in [-0.15, -0.1) is 0 Å². The zero-order valence-corrected chi connectivity index (χ0v) is 27.5. The molecule has 0 aromatic rings. The van der Waals surface area contributed by atoms with Gasteiger partial charge in [0.2, 0.25) is 0 Å². The Morgan fingerprint density at radius 3 is 0.200 bits per heavy atom. The van der Waals surface area contributed by atoms with Crippen molar-refractivity contribution in [1.29, 1.82) is 0 Å². The Bertz CT molecular complexity index is 4.69. The molecule has 9 radical (unpaired) electrons. The molecule has 0 heterocycles. The summed E-state index contributed by atoms with van der Waals surface area (Å²) >= 11 is 0. The predicted molar refractivity (Wildman–Crippen MR) is 55.4 cm³/mol. The first-order valence-electron chi connectivity index (χ1n) is 0. The third kappa shape index (κ3) is 53.8. The monoisotopic (exact) mass is 225 g/mol. The fraction of sp³-hybridized carbons (Fsp3) is 0. The normalized spacial score (nSPS) is 0. The van der Waals surface area contributed by atoms with E-state index < -0.39 is 0 Å². The first-order valence-corrected chi connectivity index (χ1v) is 0. The molecule has 0 aromatic carbocycles. The Labute approximate surface area is 263 Å². The zero-order valence-electron chi connectivity index (χ0n) is 9.50. The molecule has 0 saturated carbocycles. The molecule has 0 saturated heterocycles. The molecule has 0 aliphatic heterocycles. The summed E-state index contributed by atoms with van der Waals surface area (Å²) in [4.78, 5) is 0. The van der Waals surface area contributed by atoms with Crippen LogP contribution in [0.1, 0.15) is 0 Å². The molecule has 1 nitrogen and oxygen atoms in total. The Kier molecular flexibility index (Phi) is 490. The molecule has 10 heavy (non-hydrogen) atoms. The fourth-order valence-corrected chi connectivity index (χ4v) is 0. The van der Waals surface area contributed by atoms with Gasteiger partial charge in [0.15, 0.2) is 0 Å². The molecule has 0 rings (SSSR count). The quantitative estimate of drug-likeness (QED) is 0.374. The SMILES string of the molecule is O.[Na].[Na].[Na].[Na].[Na].[Na].[Na].[Na].[Na]. The zero-order chi connectivity index (χ0) is 0. The molecule has 0 fully saturated rings. The molecule has 2 N–H and O–H groups in total. The van der Waals surface area contributed by atoms with Gasteiger partial charge >= 0.3 is 0 Å². The molecular formula is H2Na9O. The van der Waals surface area contributed by atoms with E-state index in [1.54, 1.807) is 0 Å². The van der Waals surface area contributed by atoms with Crippen molar-refractivity contribution in [3.05, 3.63) is 0 Å². The van der Waals surface area contributed by atoms with Crippen molar-refractivity contribution < 1.29 is 5.48 Å². The van der Waals surface area contributed by atoms with Gasteiger partial charge in [0, 0.05) is 266 Å². The summed E-state index contributed by atoms with van der Waals surface area (Å²) in [6.07, 6.45) is 0. The Morgan fingerprint density at radius 2 is 0.200 bits per heavy atom. The third-order valence-electron chi connectivity index (χ3n) is 0. The number of rotatable bonds is 0. The van der Waals surface area contributed by atoms with Gasteiger partial charge in [0.1, 0.15) is 0 Å². The van der Waals surface area contributed by atoms with Crippen molar-refractivity contribution >= 4 is 266 Å². The summed E-state index contributed by atoms with van der Waals surface area (Å²) in [5.41, 5.74) is 0. The van der Waals surface area contributed by atoms with E-state index in [4.69, 9.17) is 0 Å². The van der Waals surface area contributed by atoms with Crippen LogP contribution in [-0.4, -0.2) is 271 Å². The maximum absolute atomic E-state index is 0. The molecule has 0 unspecified atom stereocenters. The molecule has 0 amide bonds. The largest absolute Gasteiger partial charge is 0.412 e. The second-order valence-electron chi connectivity index (χ2n) is 0. The molecule has 0 aromatic heterocycles. The molecule has 0 bridgehead atoms. The second-order valence-corrected chi connectivity index (χ2v) is 0. The summed E-state index contributed by atoms with van der Waals surface area (Å²) in [6.45, 7) is 0. The molecule has 0 spiro atoms. The minimum atomic E-state index is 0. The van der Waals surface area contributed by atoms with Crippen LogP contribution < -0.4 is 0 Å². The maximum Gasteiger partial charge on any atom is 0 e. The van der Waals surface area contributed by atoms with Crippen LogP contribution in [0.5, 0.6) is 0 Å². The van der Waals surface area contributed by atoms with E-state index in [0.717, 1.165) is 0 Å². The van der Waals surface area contributed by atoms with Gasteiger partial charge < -0.3 is 5.48 Å². The average Bonchev–Trinajstić information content (AvgIpc) is 0. The second kappa shape index (κ2) is 64.3. The Balaban J connectivity index is 0. The van der Waals surface area contributed by atoms with Crippen LogP contribution in [0.15, 0.2) is 0 Å². The van der Waals surface area contributed by atoms with Crippen molar-refractivity contribution in [2.24, 2.45) is 0 Å². The van der Waals surface area contributed by atoms with Crippen LogP contribution >= 0.6 is 0 Å². The van der Waals surface area contributed by atoms with Gasteiger partial charge in [-0.3, -0.25) is 0 Å². The van der Waals surface area contributed by atoms with Gasteiger partial charge in [0.25, 0.3) is 0 Å². The van der Waals surface area contributed by atoms with Gasteiger partial charge in [-0.25, -0.2) is 0 Å². The van der Waals surface area contributed by atoms with Gasteiger partial charge in [-0.1, -0.05) is 0 Å². The van der Waals surface area contributed by atoms with Crippen LogP contribution in [0.25, 0.3) is 0 Å². The van der Waals surface area contributed by atoms with Crippen molar-refractivity contribution in [2.45, 2.75) is 0 Å². The number of hydrogen-bond donors (Lipinski definition) is 0. The van der Waals surface area contributed by atoms with Crippen LogP contribution in [0.3, 0.4) is 0 Å². The van der Waals surface area contributed by atoms with Crippen LogP contribution in [0.4, 0.5) is 0 Å². The fourth-order valence-electron chi connectivity index (χ4n) is 0. The Morgan fingerprint density at radius 1 is 0.200 bits per heavy atom. The van der Waals surface area contributed by atoms with E-state index >= 15 is 0 Å². The average molecular weight is 225 g/mol.